The Labute approximate surface area is 108 Å². The van der Waals surface area contributed by atoms with E-state index in [0.29, 0.717) is 5.33 Å². The summed E-state index contributed by atoms with van der Waals surface area (Å²) in [6.45, 7) is 6.41. The fourth-order valence-electron chi connectivity index (χ4n) is 1.26. The number of carbonyl (C=O) groups excluding carboxylic acids is 1. The van der Waals surface area contributed by atoms with E-state index in [2.05, 4.69) is 58.7 Å². The van der Waals surface area contributed by atoms with Gasteiger partial charge in [0.2, 0.25) is 0 Å². The minimum Gasteiger partial charge on any atom is -0.293 e. The predicted octanol–water partition coefficient (Wildman–Crippen LogP) is 4.32. The molecule has 3 heteroatoms. The molecule has 0 atom stereocenters. The molecule has 82 valence electrons. The summed E-state index contributed by atoms with van der Waals surface area (Å²) in [5.74, 6) is 0.113. The van der Waals surface area contributed by atoms with Gasteiger partial charge in [-0.1, -0.05) is 52.6 Å². The van der Waals surface area contributed by atoms with E-state index < -0.39 is 0 Å². The van der Waals surface area contributed by atoms with Crippen molar-refractivity contribution in [3.63, 3.8) is 0 Å². The van der Waals surface area contributed by atoms with E-state index in [-0.39, 0.29) is 11.2 Å². The average Bonchev–Trinajstić information content (AvgIpc) is 2.14. The molecule has 0 unspecified atom stereocenters. The van der Waals surface area contributed by atoms with Crippen LogP contribution < -0.4 is 0 Å². The van der Waals surface area contributed by atoms with Crippen LogP contribution in [0.3, 0.4) is 0 Å². The summed E-state index contributed by atoms with van der Waals surface area (Å²) in [7, 11) is 0. The lowest BCUT2D eigenvalue weighted by molar-refractivity contribution is 0.102. The van der Waals surface area contributed by atoms with E-state index in [1.165, 1.54) is 5.56 Å². The van der Waals surface area contributed by atoms with E-state index >= 15 is 0 Å². The molecule has 0 N–H and O–H groups in total. The van der Waals surface area contributed by atoms with Crippen molar-refractivity contribution in [2.75, 3.05) is 5.33 Å². The van der Waals surface area contributed by atoms with Gasteiger partial charge in [0, 0.05) is 10.0 Å². The Balaban J connectivity index is 3.23. The fourth-order valence-corrected chi connectivity index (χ4v) is 2.08. The number of halogens is 2. The van der Waals surface area contributed by atoms with E-state index in [0.717, 1.165) is 10.0 Å². The smallest absolute Gasteiger partial charge is 0.173 e. The molecule has 1 nitrogen and oxygen atoms in total. The number of Topliss-reactive ketones (excluding diaryl/α,β-unsaturated/α-hetero) is 1. The number of rotatable bonds is 2. The summed E-state index contributed by atoms with van der Waals surface area (Å²) in [6, 6.07) is 5.89. The molecule has 0 aromatic heterocycles. The Hall–Kier alpha value is -0.150. The van der Waals surface area contributed by atoms with Crippen LogP contribution in [0.4, 0.5) is 0 Å². The molecular formula is C12H14Br2O. The second kappa shape index (κ2) is 4.79. The van der Waals surface area contributed by atoms with Gasteiger partial charge >= 0.3 is 0 Å². The molecule has 1 rings (SSSR count). The zero-order valence-corrected chi connectivity index (χ0v) is 12.3. The first-order valence-electron chi connectivity index (χ1n) is 4.75. The molecule has 0 aliphatic rings. The Bertz CT molecular complexity index is 378. The molecule has 0 heterocycles. The highest BCUT2D eigenvalue weighted by Crippen LogP contribution is 2.27. The lowest BCUT2D eigenvalue weighted by atomic mass is 9.86. The highest BCUT2D eigenvalue weighted by molar-refractivity contribution is 9.10. The van der Waals surface area contributed by atoms with E-state index in [9.17, 15) is 4.79 Å². The number of benzene rings is 1. The van der Waals surface area contributed by atoms with Crippen molar-refractivity contribution in [2.24, 2.45) is 0 Å². The molecular weight excluding hydrogens is 320 g/mol. The third-order valence-corrected chi connectivity index (χ3v) is 3.17. The van der Waals surface area contributed by atoms with Gasteiger partial charge in [-0.3, -0.25) is 4.79 Å². The maximum atomic E-state index is 11.6. The van der Waals surface area contributed by atoms with Gasteiger partial charge in [-0.05, 0) is 29.2 Å². The van der Waals surface area contributed by atoms with Crippen molar-refractivity contribution in [3.05, 3.63) is 33.8 Å². The average molecular weight is 334 g/mol. The molecule has 0 aliphatic heterocycles. The van der Waals surface area contributed by atoms with Crippen molar-refractivity contribution in [2.45, 2.75) is 26.2 Å². The Morgan fingerprint density at radius 2 is 1.87 bits per heavy atom. The van der Waals surface area contributed by atoms with Crippen LogP contribution in [0.15, 0.2) is 22.7 Å². The van der Waals surface area contributed by atoms with Crippen LogP contribution >= 0.6 is 31.9 Å². The second-order valence-corrected chi connectivity index (χ2v) is 6.01. The first-order chi connectivity index (χ1) is 6.84. The Morgan fingerprint density at radius 1 is 1.27 bits per heavy atom. The third-order valence-electron chi connectivity index (χ3n) is 2.21. The van der Waals surface area contributed by atoms with Gasteiger partial charge in [-0.15, -0.1) is 0 Å². The number of hydrogen-bond acceptors (Lipinski definition) is 1. The molecule has 1 aromatic rings. The Morgan fingerprint density at radius 3 is 2.33 bits per heavy atom. The first-order valence-corrected chi connectivity index (χ1v) is 6.66. The summed E-state index contributed by atoms with van der Waals surface area (Å²) in [5.41, 5.74) is 1.98. The number of hydrogen-bond donors (Lipinski definition) is 0. The summed E-state index contributed by atoms with van der Waals surface area (Å²) in [6.07, 6.45) is 0. The van der Waals surface area contributed by atoms with Gasteiger partial charge in [0.1, 0.15) is 0 Å². The number of ketones is 1. The first kappa shape index (κ1) is 12.9. The minimum absolute atomic E-state index is 0.0606. The second-order valence-electron chi connectivity index (χ2n) is 4.54. The van der Waals surface area contributed by atoms with Crippen LogP contribution in [0, 0.1) is 0 Å². The molecule has 0 aliphatic carbocycles. The van der Waals surface area contributed by atoms with Gasteiger partial charge in [0.15, 0.2) is 5.78 Å². The van der Waals surface area contributed by atoms with Gasteiger partial charge in [-0.2, -0.15) is 0 Å². The van der Waals surface area contributed by atoms with Gasteiger partial charge in [0.25, 0.3) is 0 Å². The number of alkyl halides is 1. The molecule has 0 spiro atoms. The largest absolute Gasteiger partial charge is 0.293 e. The van der Waals surface area contributed by atoms with Crippen molar-refractivity contribution in [1.29, 1.82) is 0 Å². The highest BCUT2D eigenvalue weighted by atomic mass is 79.9. The summed E-state index contributed by atoms with van der Waals surface area (Å²) < 4.78 is 0.958. The lowest BCUT2D eigenvalue weighted by Crippen LogP contribution is -2.12. The lowest BCUT2D eigenvalue weighted by Gasteiger charge is -2.20. The van der Waals surface area contributed by atoms with Gasteiger partial charge in [0.05, 0.1) is 5.33 Å². The maximum Gasteiger partial charge on any atom is 0.173 e. The van der Waals surface area contributed by atoms with E-state index in [4.69, 9.17) is 0 Å². The van der Waals surface area contributed by atoms with E-state index in [1.54, 1.807) is 0 Å². The monoisotopic (exact) mass is 332 g/mol. The zero-order valence-electron chi connectivity index (χ0n) is 9.10. The molecule has 0 bridgehead atoms. The molecule has 0 amide bonds. The van der Waals surface area contributed by atoms with Crippen LogP contribution in [0.2, 0.25) is 0 Å². The molecule has 0 saturated carbocycles. The SMILES string of the molecule is CC(C)(C)c1cc(Br)cc(C(=O)CBr)c1. The van der Waals surface area contributed by atoms with E-state index in [1.807, 2.05) is 12.1 Å². The zero-order chi connectivity index (χ0) is 11.6. The summed E-state index contributed by atoms with van der Waals surface area (Å²) in [5, 5.41) is 0.368. The van der Waals surface area contributed by atoms with Crippen molar-refractivity contribution < 1.29 is 4.79 Å². The fraction of sp³-hybridized carbons (Fsp3) is 0.417. The molecule has 0 saturated heterocycles. The number of carbonyl (C=O) groups is 1. The minimum atomic E-state index is 0.0606. The van der Waals surface area contributed by atoms with Gasteiger partial charge < -0.3 is 0 Å². The molecule has 1 aromatic carbocycles. The van der Waals surface area contributed by atoms with Crippen molar-refractivity contribution >= 4 is 37.6 Å². The highest BCUT2D eigenvalue weighted by Gasteiger charge is 2.16. The van der Waals surface area contributed by atoms with Crippen LogP contribution in [-0.4, -0.2) is 11.1 Å². The topological polar surface area (TPSA) is 17.1 Å². The van der Waals surface area contributed by atoms with Crippen molar-refractivity contribution in [3.8, 4) is 0 Å². The maximum absolute atomic E-state index is 11.6. The van der Waals surface area contributed by atoms with Gasteiger partial charge in [-0.25, -0.2) is 0 Å². The Kier molecular flexibility index (Phi) is 4.13. The van der Waals surface area contributed by atoms with Crippen molar-refractivity contribution in [1.82, 2.24) is 0 Å². The van der Waals surface area contributed by atoms with Crippen LogP contribution in [-0.2, 0) is 5.41 Å². The van der Waals surface area contributed by atoms with Crippen LogP contribution in [0.1, 0.15) is 36.7 Å². The third kappa shape index (κ3) is 3.42. The molecule has 0 fully saturated rings. The summed E-state index contributed by atoms with van der Waals surface area (Å²) >= 11 is 6.62. The normalized spacial score (nSPS) is 11.5. The standard InChI is InChI=1S/C12H14Br2O/c1-12(2,3)9-4-8(11(15)7-13)5-10(14)6-9/h4-6H,7H2,1-3H3. The quantitative estimate of drug-likeness (QED) is 0.581. The van der Waals surface area contributed by atoms with Crippen LogP contribution in [0.5, 0.6) is 0 Å². The summed E-state index contributed by atoms with van der Waals surface area (Å²) in [4.78, 5) is 11.6. The molecule has 0 radical (unpaired) electrons. The predicted molar refractivity (Wildman–Crippen MR) is 71.0 cm³/mol. The van der Waals surface area contributed by atoms with Crippen LogP contribution in [0.25, 0.3) is 0 Å². The molecule has 15 heavy (non-hydrogen) atoms.